The van der Waals surface area contributed by atoms with Crippen molar-refractivity contribution >= 4 is 5.97 Å². The highest BCUT2D eigenvalue weighted by molar-refractivity contribution is 5.94. The molecule has 0 amide bonds. The fourth-order valence-electron chi connectivity index (χ4n) is 2.89. The number of nitrogens with one attached hydrogen (secondary N) is 1. The van der Waals surface area contributed by atoms with Gasteiger partial charge in [0, 0.05) is 12.2 Å². The van der Waals surface area contributed by atoms with Gasteiger partial charge in [-0.3, -0.25) is 0 Å². The first-order valence-corrected chi connectivity index (χ1v) is 9.40. The molecular weight excluding hydrogens is 300 g/mol. The molecule has 0 saturated heterocycles. The number of rotatable bonds is 10. The first-order chi connectivity index (χ1) is 11.7. The molecule has 4 heteroatoms. The average Bonchev–Trinajstić information content (AvgIpc) is 2.61. The number of carbonyl (C=O) groups is 1. The van der Waals surface area contributed by atoms with Crippen molar-refractivity contribution in [3.63, 3.8) is 0 Å². The van der Waals surface area contributed by atoms with Gasteiger partial charge in [-0.25, -0.2) is 4.79 Å². The van der Waals surface area contributed by atoms with Gasteiger partial charge in [0.2, 0.25) is 0 Å². The number of ether oxygens (including phenoxy) is 1. The van der Waals surface area contributed by atoms with Gasteiger partial charge in [0.15, 0.2) is 0 Å². The summed E-state index contributed by atoms with van der Waals surface area (Å²) in [5.74, 6) is 0.200. The minimum Gasteiger partial charge on any atom is -0.462 e. The van der Waals surface area contributed by atoms with Crippen molar-refractivity contribution in [1.29, 1.82) is 5.26 Å². The van der Waals surface area contributed by atoms with Gasteiger partial charge in [-0.1, -0.05) is 40.0 Å². The van der Waals surface area contributed by atoms with E-state index < -0.39 is 5.97 Å². The normalized spacial score (nSPS) is 17.5. The van der Waals surface area contributed by atoms with Crippen LogP contribution in [0.15, 0.2) is 22.9 Å². The van der Waals surface area contributed by atoms with Crippen LogP contribution in [0.4, 0.5) is 0 Å². The van der Waals surface area contributed by atoms with E-state index in [9.17, 15) is 10.1 Å². The van der Waals surface area contributed by atoms with Crippen LogP contribution in [0.25, 0.3) is 0 Å². The molecule has 1 N–H and O–H groups in total. The van der Waals surface area contributed by atoms with Crippen LogP contribution >= 0.6 is 0 Å². The van der Waals surface area contributed by atoms with Crippen LogP contribution in [-0.4, -0.2) is 19.1 Å². The van der Waals surface area contributed by atoms with Gasteiger partial charge in [-0.15, -0.1) is 0 Å². The lowest BCUT2D eigenvalue weighted by Gasteiger charge is -2.21. The molecular formula is C20H32N2O2. The summed E-state index contributed by atoms with van der Waals surface area (Å²) >= 11 is 0. The number of nitriles is 1. The van der Waals surface area contributed by atoms with Crippen molar-refractivity contribution in [2.24, 2.45) is 5.92 Å². The van der Waals surface area contributed by atoms with Crippen LogP contribution in [0.3, 0.4) is 0 Å². The second-order valence-electron chi connectivity index (χ2n) is 6.47. The Kier molecular flexibility index (Phi) is 9.91. The predicted molar refractivity (Wildman–Crippen MR) is 97.1 cm³/mol. The number of hydrogen-bond donors (Lipinski definition) is 1. The molecule has 24 heavy (non-hydrogen) atoms. The van der Waals surface area contributed by atoms with Gasteiger partial charge < -0.3 is 10.1 Å². The molecule has 1 aliphatic rings. The SMILES string of the molecule is CCCCC(CC)CNC1=C/C(=C(/C#N)C(=O)OCCC)CCC1. The van der Waals surface area contributed by atoms with Crippen LogP contribution < -0.4 is 5.32 Å². The fraction of sp³-hybridized carbons (Fsp3) is 0.700. The van der Waals surface area contributed by atoms with E-state index in [1.54, 1.807) is 0 Å². The number of esters is 1. The number of carbonyl (C=O) groups excluding carboxylic acids is 1. The van der Waals surface area contributed by atoms with Gasteiger partial charge in [0.1, 0.15) is 11.6 Å². The van der Waals surface area contributed by atoms with E-state index in [1.807, 2.05) is 19.1 Å². The van der Waals surface area contributed by atoms with Crippen LogP contribution in [-0.2, 0) is 9.53 Å². The van der Waals surface area contributed by atoms with Gasteiger partial charge in [0.05, 0.1) is 6.61 Å². The van der Waals surface area contributed by atoms with Gasteiger partial charge in [-0.05, 0) is 49.7 Å². The Morgan fingerprint density at radius 2 is 2.12 bits per heavy atom. The third-order valence-corrected chi connectivity index (χ3v) is 4.48. The first kappa shape index (κ1) is 20.3. The number of unbranched alkanes of at least 4 members (excludes halogenated alkanes) is 1. The Bertz CT molecular complexity index is 500. The summed E-state index contributed by atoms with van der Waals surface area (Å²) < 4.78 is 5.12. The molecule has 0 radical (unpaired) electrons. The molecule has 0 aromatic carbocycles. The van der Waals surface area contributed by atoms with Crippen molar-refractivity contribution in [3.8, 4) is 6.07 Å². The molecule has 1 aliphatic carbocycles. The highest BCUT2D eigenvalue weighted by Gasteiger charge is 2.19. The zero-order valence-electron chi connectivity index (χ0n) is 15.5. The maximum Gasteiger partial charge on any atom is 0.349 e. The molecule has 1 atom stereocenters. The molecule has 1 rings (SSSR count). The molecule has 0 aromatic rings. The quantitative estimate of drug-likeness (QED) is 0.360. The van der Waals surface area contributed by atoms with Crippen LogP contribution in [0.2, 0.25) is 0 Å². The summed E-state index contributed by atoms with van der Waals surface area (Å²) in [7, 11) is 0. The lowest BCUT2D eigenvalue weighted by molar-refractivity contribution is -0.138. The predicted octanol–water partition coefficient (Wildman–Crippen LogP) is 4.63. The standard InChI is InChI=1S/C20H32N2O2/c1-4-7-9-16(6-3)15-22-18-11-8-10-17(13-18)19(14-21)20(23)24-12-5-2/h13,16,22H,4-12,15H2,1-3H3/b19-17-. The average molecular weight is 332 g/mol. The van der Waals surface area contributed by atoms with Crippen molar-refractivity contribution in [1.82, 2.24) is 5.32 Å². The van der Waals surface area contributed by atoms with E-state index in [2.05, 4.69) is 19.2 Å². The lowest BCUT2D eigenvalue weighted by atomic mass is 9.94. The minimum absolute atomic E-state index is 0.167. The molecule has 4 nitrogen and oxygen atoms in total. The van der Waals surface area contributed by atoms with E-state index in [0.29, 0.717) is 12.5 Å². The Morgan fingerprint density at radius 1 is 1.33 bits per heavy atom. The molecule has 0 fully saturated rings. The van der Waals surface area contributed by atoms with Crippen molar-refractivity contribution in [2.75, 3.05) is 13.2 Å². The Morgan fingerprint density at radius 3 is 2.75 bits per heavy atom. The molecule has 134 valence electrons. The second kappa shape index (κ2) is 11.7. The Hall–Kier alpha value is -1.76. The van der Waals surface area contributed by atoms with Gasteiger partial charge in [-0.2, -0.15) is 5.26 Å². The summed E-state index contributed by atoms with van der Waals surface area (Å²) in [5, 5.41) is 12.9. The van der Waals surface area contributed by atoms with E-state index in [1.165, 1.54) is 25.7 Å². The molecule has 1 unspecified atom stereocenters. The minimum atomic E-state index is -0.485. The summed E-state index contributed by atoms with van der Waals surface area (Å²) in [6.07, 6.45) is 10.4. The van der Waals surface area contributed by atoms with Crippen LogP contribution in [0, 0.1) is 17.2 Å². The molecule has 0 bridgehead atoms. The lowest BCUT2D eigenvalue weighted by Crippen LogP contribution is -2.23. The maximum absolute atomic E-state index is 12.0. The highest BCUT2D eigenvalue weighted by atomic mass is 16.5. The zero-order valence-corrected chi connectivity index (χ0v) is 15.5. The van der Waals surface area contributed by atoms with Crippen molar-refractivity contribution in [3.05, 3.63) is 22.9 Å². The first-order valence-electron chi connectivity index (χ1n) is 9.40. The topological polar surface area (TPSA) is 62.1 Å². The molecule has 0 heterocycles. The maximum atomic E-state index is 12.0. The van der Waals surface area contributed by atoms with E-state index >= 15 is 0 Å². The highest BCUT2D eigenvalue weighted by Crippen LogP contribution is 2.24. The number of allylic oxidation sites excluding steroid dienone is 3. The molecule has 0 spiro atoms. The van der Waals surface area contributed by atoms with Crippen LogP contribution in [0.1, 0.15) is 72.1 Å². The molecule has 0 aromatic heterocycles. The third kappa shape index (κ3) is 6.78. The Labute approximate surface area is 147 Å². The monoisotopic (exact) mass is 332 g/mol. The summed E-state index contributed by atoms with van der Waals surface area (Å²) in [4.78, 5) is 12.0. The fourth-order valence-corrected chi connectivity index (χ4v) is 2.89. The molecule has 0 saturated carbocycles. The zero-order chi connectivity index (χ0) is 17.8. The van der Waals surface area contributed by atoms with E-state index in [4.69, 9.17) is 4.74 Å². The molecule has 0 aliphatic heterocycles. The number of hydrogen-bond acceptors (Lipinski definition) is 4. The largest absolute Gasteiger partial charge is 0.462 e. The Balaban J connectivity index is 2.74. The summed E-state index contributed by atoms with van der Waals surface area (Å²) in [6, 6.07) is 2.04. The summed E-state index contributed by atoms with van der Waals surface area (Å²) in [5.41, 5.74) is 2.12. The number of nitrogens with zero attached hydrogens (tertiary/aromatic N) is 1. The van der Waals surface area contributed by atoms with Gasteiger partial charge in [0.25, 0.3) is 0 Å². The second-order valence-corrected chi connectivity index (χ2v) is 6.47. The van der Waals surface area contributed by atoms with E-state index in [-0.39, 0.29) is 5.57 Å². The van der Waals surface area contributed by atoms with Gasteiger partial charge >= 0.3 is 5.97 Å². The smallest absolute Gasteiger partial charge is 0.349 e. The van der Waals surface area contributed by atoms with E-state index in [0.717, 1.165) is 43.5 Å². The summed E-state index contributed by atoms with van der Waals surface area (Å²) in [6.45, 7) is 7.74. The van der Waals surface area contributed by atoms with Crippen molar-refractivity contribution in [2.45, 2.75) is 72.1 Å². The van der Waals surface area contributed by atoms with Crippen LogP contribution in [0.5, 0.6) is 0 Å². The third-order valence-electron chi connectivity index (χ3n) is 4.48. The van der Waals surface area contributed by atoms with Crippen molar-refractivity contribution < 1.29 is 9.53 Å².